The highest BCUT2D eigenvalue weighted by Gasteiger charge is 2.52. The molecule has 1 N–H and O–H groups in total. The van der Waals surface area contributed by atoms with E-state index in [2.05, 4.69) is 5.32 Å². The highest BCUT2D eigenvalue weighted by Crippen LogP contribution is 2.33. The molecule has 1 aliphatic heterocycles. The predicted octanol–water partition coefficient (Wildman–Crippen LogP) is 3.91. The van der Waals surface area contributed by atoms with E-state index in [1.807, 2.05) is 71.6 Å². The molecule has 158 valence electrons. The van der Waals surface area contributed by atoms with Crippen molar-refractivity contribution in [3.63, 3.8) is 0 Å². The Bertz CT molecular complexity index is 1070. The van der Waals surface area contributed by atoms with Gasteiger partial charge in [0.05, 0.1) is 6.67 Å². The third kappa shape index (κ3) is 4.34. The fraction of sp³-hybridized carbons (Fsp3) is 0.200. The van der Waals surface area contributed by atoms with Crippen LogP contribution in [0.15, 0.2) is 84.9 Å². The van der Waals surface area contributed by atoms with E-state index < -0.39 is 11.6 Å². The van der Waals surface area contributed by atoms with Crippen LogP contribution in [0.3, 0.4) is 0 Å². The van der Waals surface area contributed by atoms with Crippen LogP contribution in [0.4, 0.5) is 9.18 Å². The topological polar surface area (TPSA) is 52.6 Å². The van der Waals surface area contributed by atoms with Crippen molar-refractivity contribution in [3.8, 4) is 0 Å². The highest BCUT2D eigenvalue weighted by molar-refractivity contribution is 6.07. The normalized spacial score (nSPS) is 18.5. The summed E-state index contributed by atoms with van der Waals surface area (Å²) >= 11 is 0. The number of urea groups is 1. The number of carbonyl (C=O) groups excluding carboxylic acids is 2. The lowest BCUT2D eigenvalue weighted by Gasteiger charge is -2.28. The average molecular weight is 417 g/mol. The number of amides is 3. The van der Waals surface area contributed by atoms with E-state index in [4.69, 9.17) is 0 Å². The summed E-state index contributed by atoms with van der Waals surface area (Å²) in [6, 6.07) is 24.8. The summed E-state index contributed by atoms with van der Waals surface area (Å²) in [6.07, 6.45) is 0.354. The maximum absolute atomic E-state index is 13.6. The number of imide groups is 1. The van der Waals surface area contributed by atoms with Gasteiger partial charge in [0, 0.05) is 13.0 Å². The smallest absolute Gasteiger partial charge is 0.319 e. The quantitative estimate of drug-likeness (QED) is 0.593. The minimum absolute atomic E-state index is 0.102. The molecule has 0 aromatic heterocycles. The third-order valence-corrected chi connectivity index (χ3v) is 5.48. The molecule has 0 spiro atoms. The number of hydrogen-bond acceptors (Lipinski definition) is 3. The second-order valence-electron chi connectivity index (χ2n) is 7.88. The lowest BCUT2D eigenvalue weighted by molar-refractivity contribution is -0.133. The SMILES string of the molecule is CN(Cc1cccc(F)c1)CN1C(=O)N[C@](Cc2ccccc2)(c2ccccc2)C1=O. The van der Waals surface area contributed by atoms with Crippen molar-refractivity contribution in [3.05, 3.63) is 107 Å². The van der Waals surface area contributed by atoms with Gasteiger partial charge >= 0.3 is 6.03 Å². The van der Waals surface area contributed by atoms with Crippen LogP contribution in [0.2, 0.25) is 0 Å². The molecule has 3 aromatic rings. The second kappa shape index (κ2) is 8.70. The summed E-state index contributed by atoms with van der Waals surface area (Å²) < 4.78 is 13.5. The first-order valence-electron chi connectivity index (χ1n) is 10.1. The summed E-state index contributed by atoms with van der Waals surface area (Å²) in [5, 5.41) is 2.96. The molecule has 1 saturated heterocycles. The first-order valence-corrected chi connectivity index (χ1v) is 10.1. The summed E-state index contributed by atoms with van der Waals surface area (Å²) in [6.45, 7) is 0.510. The van der Waals surface area contributed by atoms with Gasteiger partial charge in [-0.3, -0.25) is 9.69 Å². The number of halogens is 1. The van der Waals surface area contributed by atoms with Crippen LogP contribution >= 0.6 is 0 Å². The summed E-state index contributed by atoms with van der Waals surface area (Å²) in [5.41, 5.74) is 1.30. The van der Waals surface area contributed by atoms with Gasteiger partial charge in [-0.25, -0.2) is 14.1 Å². The largest absolute Gasteiger partial charge is 0.326 e. The van der Waals surface area contributed by atoms with Crippen LogP contribution in [0.25, 0.3) is 0 Å². The first-order chi connectivity index (χ1) is 15.0. The zero-order valence-electron chi connectivity index (χ0n) is 17.3. The Labute approximate surface area is 181 Å². The Morgan fingerprint density at radius 1 is 0.903 bits per heavy atom. The predicted molar refractivity (Wildman–Crippen MR) is 116 cm³/mol. The maximum atomic E-state index is 13.6. The van der Waals surface area contributed by atoms with Gasteiger partial charge in [0.25, 0.3) is 5.91 Å². The molecule has 31 heavy (non-hydrogen) atoms. The Balaban J connectivity index is 1.59. The van der Waals surface area contributed by atoms with Crippen molar-refractivity contribution >= 4 is 11.9 Å². The molecule has 0 bridgehead atoms. The summed E-state index contributed by atoms with van der Waals surface area (Å²) in [4.78, 5) is 29.6. The molecule has 0 unspecified atom stereocenters. The van der Waals surface area contributed by atoms with Crippen LogP contribution < -0.4 is 5.32 Å². The number of nitrogens with one attached hydrogen (secondary N) is 1. The van der Waals surface area contributed by atoms with Crippen LogP contribution in [0.1, 0.15) is 16.7 Å². The summed E-state index contributed by atoms with van der Waals surface area (Å²) in [5.74, 6) is -0.606. The van der Waals surface area contributed by atoms with E-state index in [0.717, 1.165) is 16.7 Å². The van der Waals surface area contributed by atoms with Gasteiger partial charge in [0.15, 0.2) is 5.54 Å². The molecule has 3 aromatic carbocycles. The molecule has 5 nitrogen and oxygen atoms in total. The first kappa shape index (κ1) is 20.8. The Hall–Kier alpha value is -3.51. The van der Waals surface area contributed by atoms with E-state index >= 15 is 0 Å². The van der Waals surface area contributed by atoms with Crippen LogP contribution in [0.5, 0.6) is 0 Å². The minimum atomic E-state index is -1.17. The number of carbonyl (C=O) groups is 2. The average Bonchev–Trinajstić information content (AvgIpc) is 3.00. The maximum Gasteiger partial charge on any atom is 0.326 e. The molecular formula is C25H24FN3O2. The van der Waals surface area contributed by atoms with E-state index in [1.54, 1.807) is 13.1 Å². The van der Waals surface area contributed by atoms with E-state index in [0.29, 0.717) is 13.0 Å². The fourth-order valence-electron chi connectivity index (χ4n) is 4.04. The minimum Gasteiger partial charge on any atom is -0.319 e. The van der Waals surface area contributed by atoms with Crippen LogP contribution in [-0.2, 0) is 23.3 Å². The summed E-state index contributed by atoms with van der Waals surface area (Å²) in [7, 11) is 1.80. The standard InChI is InChI=1S/C25H24FN3O2/c1-28(17-20-11-8-14-22(26)15-20)18-29-23(30)25(27-24(29)31,21-12-6-3-7-13-21)16-19-9-4-2-5-10-19/h2-15H,16-18H2,1H3,(H,27,31)/t25-/m1/s1. The second-order valence-corrected chi connectivity index (χ2v) is 7.88. The molecule has 0 aliphatic carbocycles. The van der Waals surface area contributed by atoms with Gasteiger partial charge in [-0.1, -0.05) is 72.8 Å². The van der Waals surface area contributed by atoms with Gasteiger partial charge in [0.1, 0.15) is 5.82 Å². The molecule has 1 aliphatic rings. The van der Waals surface area contributed by atoms with Crippen LogP contribution in [0, 0.1) is 5.82 Å². The highest BCUT2D eigenvalue weighted by atomic mass is 19.1. The molecular weight excluding hydrogens is 393 g/mol. The fourth-order valence-corrected chi connectivity index (χ4v) is 4.04. The number of rotatable bonds is 7. The third-order valence-electron chi connectivity index (χ3n) is 5.48. The van der Waals surface area contributed by atoms with Gasteiger partial charge in [-0.2, -0.15) is 0 Å². The zero-order chi connectivity index (χ0) is 21.8. The van der Waals surface area contributed by atoms with Gasteiger partial charge in [-0.15, -0.1) is 0 Å². The molecule has 0 saturated carbocycles. The van der Waals surface area contributed by atoms with Crippen molar-refractivity contribution in [1.29, 1.82) is 0 Å². The van der Waals surface area contributed by atoms with Crippen molar-refractivity contribution in [2.24, 2.45) is 0 Å². The number of benzene rings is 3. The molecule has 6 heteroatoms. The molecule has 1 heterocycles. The zero-order valence-corrected chi connectivity index (χ0v) is 17.3. The number of hydrogen-bond donors (Lipinski definition) is 1. The van der Waals surface area contributed by atoms with Crippen molar-refractivity contribution in [1.82, 2.24) is 15.1 Å². The van der Waals surface area contributed by atoms with Gasteiger partial charge in [0.2, 0.25) is 0 Å². The molecule has 1 atom stereocenters. The van der Waals surface area contributed by atoms with Gasteiger partial charge in [-0.05, 0) is 35.9 Å². The van der Waals surface area contributed by atoms with Crippen molar-refractivity contribution < 1.29 is 14.0 Å². The van der Waals surface area contributed by atoms with E-state index in [-0.39, 0.29) is 18.4 Å². The van der Waals surface area contributed by atoms with Crippen molar-refractivity contribution in [2.45, 2.75) is 18.5 Å². The Morgan fingerprint density at radius 2 is 1.55 bits per heavy atom. The van der Waals surface area contributed by atoms with Crippen LogP contribution in [-0.4, -0.2) is 35.5 Å². The Kier molecular flexibility index (Phi) is 5.82. The lowest BCUT2D eigenvalue weighted by Crippen LogP contribution is -2.46. The molecule has 0 radical (unpaired) electrons. The van der Waals surface area contributed by atoms with Gasteiger partial charge < -0.3 is 5.32 Å². The number of nitrogens with zero attached hydrogens (tertiary/aromatic N) is 2. The van der Waals surface area contributed by atoms with E-state index in [9.17, 15) is 14.0 Å². The lowest BCUT2D eigenvalue weighted by atomic mass is 9.83. The monoisotopic (exact) mass is 417 g/mol. The van der Waals surface area contributed by atoms with Crippen molar-refractivity contribution in [2.75, 3.05) is 13.7 Å². The molecule has 1 fully saturated rings. The molecule has 4 rings (SSSR count). The molecule has 3 amide bonds. The van der Waals surface area contributed by atoms with E-state index in [1.165, 1.54) is 17.0 Å². The Morgan fingerprint density at radius 3 is 2.23 bits per heavy atom.